The Kier molecular flexibility index (Phi) is 5.05. The first kappa shape index (κ1) is 25.8. The summed E-state index contributed by atoms with van der Waals surface area (Å²) in [6, 6.07) is 0. The van der Waals surface area contributed by atoms with E-state index in [9.17, 15) is 60.3 Å². The fourth-order valence-corrected chi connectivity index (χ4v) is 6.98. The van der Waals surface area contributed by atoms with Crippen molar-refractivity contribution in [1.82, 2.24) is 0 Å². The maximum atomic E-state index is 13.0. The number of aliphatic hydroxyl groups is 9. The number of hydrogen-bond donors (Lipinski definition) is 9. The van der Waals surface area contributed by atoms with Crippen LogP contribution in [-0.4, -0.2) is 116 Å². The Morgan fingerprint density at radius 1 is 0.550 bits per heavy atom. The van der Waals surface area contributed by atoms with E-state index >= 15 is 0 Å². The first-order chi connectivity index (χ1) is 18.7. The molecule has 0 spiro atoms. The van der Waals surface area contributed by atoms with Crippen molar-refractivity contribution in [3.05, 3.63) is 70.1 Å². The van der Waals surface area contributed by atoms with Gasteiger partial charge in [-0.15, -0.1) is 0 Å². The molecule has 18 nitrogen and oxygen atoms in total. The molecule has 19 heteroatoms. The van der Waals surface area contributed by atoms with Crippen LogP contribution in [0.3, 0.4) is 0 Å². The molecule has 0 saturated carbocycles. The Balaban J connectivity index is 1.25. The van der Waals surface area contributed by atoms with Gasteiger partial charge in [-0.05, 0) is 0 Å². The van der Waals surface area contributed by atoms with Crippen LogP contribution in [0, 0.1) is 0 Å². The van der Waals surface area contributed by atoms with Gasteiger partial charge >= 0.3 is 226 Å². The summed E-state index contributed by atoms with van der Waals surface area (Å²) >= 11 is -5.07. The van der Waals surface area contributed by atoms with E-state index in [2.05, 4.69) is 0 Å². The van der Waals surface area contributed by atoms with Gasteiger partial charge in [0, 0.05) is 0 Å². The first-order valence-electron chi connectivity index (χ1n) is 11.0. The van der Waals surface area contributed by atoms with Crippen molar-refractivity contribution < 1.29 is 85.1 Å². The molecule has 3 aliphatic carbocycles. The average molecular weight is 625 g/mol. The molecular weight excluding hydrogens is 610 g/mol. The van der Waals surface area contributed by atoms with Crippen LogP contribution in [-0.2, 0) is 39.2 Å². The quantitative estimate of drug-likeness (QED) is 0.131. The zero-order valence-electron chi connectivity index (χ0n) is 19.2. The Bertz CT molecular complexity index is 1320. The van der Waals surface area contributed by atoms with Gasteiger partial charge in [0.1, 0.15) is 0 Å². The third-order valence-electron chi connectivity index (χ3n) is 6.76. The molecule has 0 radical (unpaired) electrons. The van der Waals surface area contributed by atoms with Gasteiger partial charge in [0.25, 0.3) is 0 Å². The van der Waals surface area contributed by atoms with Crippen molar-refractivity contribution in [2.24, 2.45) is 0 Å². The summed E-state index contributed by atoms with van der Waals surface area (Å²) in [5.41, 5.74) is -6.62. The van der Waals surface area contributed by atoms with Crippen LogP contribution in [0.25, 0.3) is 0 Å². The maximum absolute atomic E-state index is 13.0. The molecule has 40 heavy (non-hydrogen) atoms. The standard InChI is InChI=1S/3C7H6O6.Ga/c3*8-2-1-7(6(11)12)5(13-7)4(10)3(2)9;/h3*1,5,8-10H,(H,11,12);/q;;;+3/p-3. The summed E-state index contributed by atoms with van der Waals surface area (Å²) in [6.07, 6.45) is -2.51. The van der Waals surface area contributed by atoms with Crippen molar-refractivity contribution in [2.45, 2.75) is 35.1 Å². The summed E-state index contributed by atoms with van der Waals surface area (Å²) in [7, 11) is 0. The van der Waals surface area contributed by atoms with Crippen molar-refractivity contribution in [3.63, 3.8) is 0 Å². The fraction of sp³-hybridized carbons (Fsp3) is 0.286. The number of carbonyl (C=O) groups excluding carboxylic acids is 3. The van der Waals surface area contributed by atoms with Gasteiger partial charge in [0.2, 0.25) is 0 Å². The normalized spacial score (nSPS) is 36.6. The van der Waals surface area contributed by atoms with Crippen LogP contribution in [0.4, 0.5) is 0 Å². The Morgan fingerprint density at radius 2 is 0.800 bits per heavy atom. The van der Waals surface area contributed by atoms with Crippen molar-refractivity contribution in [2.75, 3.05) is 0 Å². The zero-order chi connectivity index (χ0) is 29.1. The van der Waals surface area contributed by atoms with Crippen molar-refractivity contribution in [3.8, 4) is 0 Å². The van der Waals surface area contributed by atoms with E-state index in [1.807, 2.05) is 0 Å². The molecule has 0 aromatic carbocycles. The Morgan fingerprint density at radius 3 is 1.05 bits per heavy atom. The molecule has 6 unspecified atom stereocenters. The minimum absolute atomic E-state index is 0.677. The van der Waals surface area contributed by atoms with Gasteiger partial charge in [0.05, 0.1) is 0 Å². The molecule has 6 atom stereocenters. The molecule has 6 rings (SSSR count). The van der Waals surface area contributed by atoms with E-state index in [0.29, 0.717) is 18.2 Å². The van der Waals surface area contributed by atoms with E-state index in [1.165, 1.54) is 0 Å². The molecule has 6 aliphatic rings. The van der Waals surface area contributed by atoms with E-state index in [0.717, 1.165) is 0 Å². The van der Waals surface area contributed by atoms with Gasteiger partial charge in [-0.25, -0.2) is 0 Å². The summed E-state index contributed by atoms with van der Waals surface area (Å²) in [5, 5.41) is 88.0. The number of carbonyl (C=O) groups is 3. The molecule has 0 aromatic rings. The van der Waals surface area contributed by atoms with E-state index in [-0.39, 0.29) is 0 Å². The van der Waals surface area contributed by atoms with E-state index < -0.39 is 122 Å². The Hall–Kier alpha value is -4.43. The molecule has 0 amide bonds. The minimum atomic E-state index is -5.07. The second-order valence-corrected chi connectivity index (χ2v) is 11.9. The first-order valence-corrected chi connectivity index (χ1v) is 13.9. The molecule has 0 bridgehead atoms. The summed E-state index contributed by atoms with van der Waals surface area (Å²) in [4.78, 5) is 38.9. The molecule has 210 valence electrons. The number of hydrogen-bond acceptors (Lipinski definition) is 18. The average Bonchev–Trinajstić information content (AvgIpc) is 3.80. The molecule has 3 saturated heterocycles. The van der Waals surface area contributed by atoms with Crippen LogP contribution >= 0.6 is 0 Å². The molecule has 0 aromatic heterocycles. The zero-order valence-corrected chi connectivity index (χ0v) is 21.7. The number of fused-ring (bicyclic) bond motifs is 3. The third-order valence-corrected chi connectivity index (χ3v) is 9.32. The molecule has 3 aliphatic heterocycles. The third kappa shape index (κ3) is 3.32. The second-order valence-electron chi connectivity index (χ2n) is 9.17. The van der Waals surface area contributed by atoms with E-state index in [4.69, 9.17) is 24.8 Å². The van der Waals surface area contributed by atoms with Crippen LogP contribution in [0.1, 0.15) is 0 Å². The predicted molar refractivity (Wildman–Crippen MR) is 116 cm³/mol. The van der Waals surface area contributed by atoms with Crippen LogP contribution in [0.15, 0.2) is 70.1 Å². The van der Waals surface area contributed by atoms with E-state index in [1.54, 1.807) is 0 Å². The molecule has 9 N–H and O–H groups in total. The molecule has 3 fully saturated rings. The monoisotopic (exact) mass is 624 g/mol. The number of epoxide rings is 3. The van der Waals surface area contributed by atoms with Gasteiger partial charge in [-0.1, -0.05) is 0 Å². The second kappa shape index (κ2) is 7.82. The van der Waals surface area contributed by atoms with Crippen LogP contribution in [0.2, 0.25) is 0 Å². The van der Waals surface area contributed by atoms with Gasteiger partial charge in [0.15, 0.2) is 0 Å². The van der Waals surface area contributed by atoms with Crippen molar-refractivity contribution in [1.29, 1.82) is 0 Å². The van der Waals surface area contributed by atoms with Gasteiger partial charge < -0.3 is 0 Å². The summed E-state index contributed by atoms with van der Waals surface area (Å²) in [6.45, 7) is 0. The Labute approximate surface area is 225 Å². The summed E-state index contributed by atoms with van der Waals surface area (Å²) < 4.78 is 30.5. The topological polar surface area (TPSA) is 299 Å². The van der Waals surface area contributed by atoms with Gasteiger partial charge in [-0.2, -0.15) is 0 Å². The molecular formula is C21H15GaO18. The number of aliphatic hydroxyl groups excluding tert-OH is 9. The summed E-state index contributed by atoms with van der Waals surface area (Å²) in [5.74, 6) is -12.9. The number of rotatable bonds is 6. The number of ether oxygens (including phenoxy) is 3. The van der Waals surface area contributed by atoms with Gasteiger partial charge in [-0.3, -0.25) is 0 Å². The molecule has 3 heterocycles. The van der Waals surface area contributed by atoms with Crippen molar-refractivity contribution >= 4 is 35.2 Å². The SMILES string of the molecule is O=C([O][Ga]([O]C(=O)C12C=C(O)C(O)=C(O)C1O2)[O]C(=O)C12C=C(O)C(O)=C(O)C1O2)C12C=C(O)C(O)=C(O)C1O2. The van der Waals surface area contributed by atoms with Crippen LogP contribution in [0.5, 0.6) is 0 Å². The van der Waals surface area contributed by atoms with Crippen LogP contribution < -0.4 is 0 Å². The predicted octanol–water partition coefficient (Wildman–Crippen LogP) is -0.637. The fourth-order valence-electron chi connectivity index (χ4n) is 4.42.